The van der Waals surface area contributed by atoms with Crippen molar-refractivity contribution < 1.29 is 9.32 Å². The van der Waals surface area contributed by atoms with Crippen LogP contribution >= 0.6 is 0 Å². The van der Waals surface area contributed by atoms with E-state index in [-0.39, 0.29) is 12.5 Å². The Hall–Kier alpha value is -2.21. The molecule has 1 amide bonds. The summed E-state index contributed by atoms with van der Waals surface area (Å²) in [6.45, 7) is 1.79. The zero-order chi connectivity index (χ0) is 13.0. The van der Waals surface area contributed by atoms with Gasteiger partial charge in [0.1, 0.15) is 0 Å². The zero-order valence-electron chi connectivity index (χ0n) is 9.96. The molecule has 1 aromatic heterocycles. The Bertz CT molecular complexity index is 522. The number of carbonyl (C=O) groups is 1. The Kier molecular flexibility index (Phi) is 3.69. The van der Waals surface area contributed by atoms with Gasteiger partial charge in [0.25, 0.3) is 0 Å². The van der Waals surface area contributed by atoms with Crippen molar-refractivity contribution in [2.45, 2.75) is 19.5 Å². The van der Waals surface area contributed by atoms with Crippen molar-refractivity contribution in [2.75, 3.05) is 0 Å². The van der Waals surface area contributed by atoms with Crippen molar-refractivity contribution >= 4 is 5.91 Å². The van der Waals surface area contributed by atoms with Gasteiger partial charge in [-0.1, -0.05) is 35.5 Å². The van der Waals surface area contributed by atoms with Crippen molar-refractivity contribution in [1.29, 1.82) is 0 Å². The maximum absolute atomic E-state index is 11.3. The highest BCUT2D eigenvalue weighted by molar-refractivity contribution is 5.80. The van der Waals surface area contributed by atoms with E-state index in [2.05, 4.69) is 15.5 Å². The van der Waals surface area contributed by atoms with Gasteiger partial charge < -0.3 is 15.6 Å². The lowest BCUT2D eigenvalue weighted by atomic mass is 10.2. The Morgan fingerprint density at radius 2 is 2.17 bits per heavy atom. The average Bonchev–Trinajstić information content (AvgIpc) is 2.85. The Labute approximate surface area is 104 Å². The first-order valence-corrected chi connectivity index (χ1v) is 5.58. The highest BCUT2D eigenvalue weighted by Crippen LogP contribution is 2.14. The Balaban J connectivity index is 2.01. The molecule has 6 heteroatoms. The molecule has 18 heavy (non-hydrogen) atoms. The van der Waals surface area contributed by atoms with Crippen LogP contribution < -0.4 is 11.1 Å². The van der Waals surface area contributed by atoms with E-state index in [4.69, 9.17) is 10.3 Å². The highest BCUT2D eigenvalue weighted by Gasteiger charge is 2.11. The first-order chi connectivity index (χ1) is 8.66. The second-order valence-corrected chi connectivity index (χ2v) is 3.88. The molecular formula is C12H14N4O2. The number of nitrogens with zero attached hydrogens (tertiary/aromatic N) is 2. The van der Waals surface area contributed by atoms with Crippen molar-refractivity contribution in [3.63, 3.8) is 0 Å². The second kappa shape index (κ2) is 5.42. The number of rotatable bonds is 4. The first kappa shape index (κ1) is 12.3. The molecule has 0 saturated carbocycles. The summed E-state index contributed by atoms with van der Waals surface area (Å²) in [6.07, 6.45) is 0. The smallest absolute Gasteiger partial charge is 0.246 e. The number of amides is 1. The normalized spacial score (nSPS) is 12.1. The van der Waals surface area contributed by atoms with Gasteiger partial charge in [-0.25, -0.2) is 0 Å². The lowest BCUT2D eigenvalue weighted by molar-refractivity contribution is -0.122. The van der Waals surface area contributed by atoms with E-state index >= 15 is 0 Å². The summed E-state index contributed by atoms with van der Waals surface area (Å²) in [5.41, 5.74) is 6.28. The number of carbonyl (C=O) groups excluding carboxylic acids is 1. The van der Waals surface area contributed by atoms with E-state index in [1.807, 2.05) is 30.3 Å². The van der Waals surface area contributed by atoms with Crippen LogP contribution in [0, 0.1) is 0 Å². The van der Waals surface area contributed by atoms with Crippen LogP contribution in [0.4, 0.5) is 0 Å². The monoisotopic (exact) mass is 246 g/mol. The molecule has 3 N–H and O–H groups in total. The summed E-state index contributed by atoms with van der Waals surface area (Å²) in [5, 5.41) is 6.44. The van der Waals surface area contributed by atoms with Gasteiger partial charge in [-0.15, -0.1) is 0 Å². The van der Waals surface area contributed by atoms with Crippen LogP contribution in [0.15, 0.2) is 34.9 Å². The molecule has 0 aliphatic heterocycles. The molecule has 2 aromatic rings. The maximum Gasteiger partial charge on any atom is 0.246 e. The molecular weight excluding hydrogens is 232 g/mol. The van der Waals surface area contributed by atoms with Crippen LogP contribution in [0.25, 0.3) is 11.4 Å². The molecule has 0 aliphatic carbocycles. The topological polar surface area (TPSA) is 94.0 Å². The largest absolute Gasteiger partial charge is 0.346 e. The molecule has 1 heterocycles. The lowest BCUT2D eigenvalue weighted by Gasteiger charge is -2.03. The molecule has 0 fully saturated rings. The van der Waals surface area contributed by atoms with Crippen LogP contribution in [-0.4, -0.2) is 22.1 Å². The summed E-state index contributed by atoms with van der Waals surface area (Å²) >= 11 is 0. The minimum Gasteiger partial charge on any atom is -0.346 e. The third-order valence-electron chi connectivity index (χ3n) is 2.33. The number of hydrogen-bond donors (Lipinski definition) is 2. The van der Waals surface area contributed by atoms with Crippen LogP contribution in [0.2, 0.25) is 0 Å². The SMILES string of the molecule is CC(N)C(=O)NCc1nc(-c2ccccc2)no1. The molecule has 2 rings (SSSR count). The maximum atomic E-state index is 11.3. The van der Waals surface area contributed by atoms with E-state index in [9.17, 15) is 4.79 Å². The molecule has 6 nitrogen and oxygen atoms in total. The average molecular weight is 246 g/mol. The van der Waals surface area contributed by atoms with Crippen molar-refractivity contribution in [2.24, 2.45) is 5.73 Å². The first-order valence-electron chi connectivity index (χ1n) is 5.58. The van der Waals surface area contributed by atoms with Crippen LogP contribution in [-0.2, 0) is 11.3 Å². The number of hydrogen-bond acceptors (Lipinski definition) is 5. The molecule has 94 valence electrons. The van der Waals surface area contributed by atoms with Gasteiger partial charge in [-0.3, -0.25) is 4.79 Å². The van der Waals surface area contributed by atoms with Gasteiger partial charge >= 0.3 is 0 Å². The summed E-state index contributed by atoms with van der Waals surface area (Å²) in [7, 11) is 0. The van der Waals surface area contributed by atoms with E-state index < -0.39 is 6.04 Å². The summed E-state index contributed by atoms with van der Waals surface area (Å²) in [4.78, 5) is 15.4. The fraction of sp³-hybridized carbons (Fsp3) is 0.250. The summed E-state index contributed by atoms with van der Waals surface area (Å²) in [6, 6.07) is 8.91. The fourth-order valence-corrected chi connectivity index (χ4v) is 1.35. The number of aromatic nitrogens is 2. The number of nitrogens with one attached hydrogen (secondary N) is 1. The van der Waals surface area contributed by atoms with E-state index in [1.54, 1.807) is 6.92 Å². The van der Waals surface area contributed by atoms with Gasteiger partial charge in [-0.05, 0) is 6.92 Å². The van der Waals surface area contributed by atoms with E-state index in [0.29, 0.717) is 11.7 Å². The van der Waals surface area contributed by atoms with Crippen molar-refractivity contribution in [3.8, 4) is 11.4 Å². The predicted molar refractivity (Wildman–Crippen MR) is 65.2 cm³/mol. The van der Waals surface area contributed by atoms with Crippen LogP contribution in [0.3, 0.4) is 0 Å². The molecule has 1 atom stereocenters. The zero-order valence-corrected chi connectivity index (χ0v) is 9.96. The molecule has 0 bridgehead atoms. The molecule has 0 aliphatic rings. The molecule has 0 spiro atoms. The third-order valence-corrected chi connectivity index (χ3v) is 2.33. The Morgan fingerprint density at radius 3 is 2.83 bits per heavy atom. The number of nitrogens with two attached hydrogens (primary N) is 1. The minimum atomic E-state index is -0.554. The standard InChI is InChI=1S/C12H14N4O2/c1-8(13)12(17)14-7-10-15-11(16-18-10)9-5-3-2-4-6-9/h2-6,8H,7,13H2,1H3,(H,14,17). The third kappa shape index (κ3) is 2.92. The van der Waals surface area contributed by atoms with Gasteiger partial charge in [0.2, 0.25) is 17.6 Å². The second-order valence-electron chi connectivity index (χ2n) is 3.88. The predicted octanol–water partition coefficient (Wildman–Crippen LogP) is 0.700. The summed E-state index contributed by atoms with van der Waals surface area (Å²) in [5.74, 6) is 0.595. The van der Waals surface area contributed by atoms with Crippen molar-refractivity contribution in [3.05, 3.63) is 36.2 Å². The van der Waals surface area contributed by atoms with Gasteiger partial charge in [-0.2, -0.15) is 4.98 Å². The molecule has 0 saturated heterocycles. The molecule has 1 unspecified atom stereocenters. The van der Waals surface area contributed by atoms with E-state index in [1.165, 1.54) is 0 Å². The van der Waals surface area contributed by atoms with E-state index in [0.717, 1.165) is 5.56 Å². The minimum absolute atomic E-state index is 0.181. The lowest BCUT2D eigenvalue weighted by Crippen LogP contribution is -2.37. The number of benzene rings is 1. The van der Waals surface area contributed by atoms with Crippen molar-refractivity contribution in [1.82, 2.24) is 15.5 Å². The molecule has 1 aromatic carbocycles. The quantitative estimate of drug-likeness (QED) is 0.828. The highest BCUT2D eigenvalue weighted by atomic mass is 16.5. The van der Waals surface area contributed by atoms with Gasteiger partial charge in [0.15, 0.2) is 0 Å². The molecule has 0 radical (unpaired) electrons. The van der Waals surface area contributed by atoms with Crippen LogP contribution in [0.1, 0.15) is 12.8 Å². The van der Waals surface area contributed by atoms with Gasteiger partial charge in [0.05, 0.1) is 12.6 Å². The van der Waals surface area contributed by atoms with Gasteiger partial charge in [0, 0.05) is 5.56 Å². The Morgan fingerprint density at radius 1 is 1.44 bits per heavy atom. The fourth-order valence-electron chi connectivity index (χ4n) is 1.35. The van der Waals surface area contributed by atoms with Crippen LogP contribution in [0.5, 0.6) is 0 Å². The summed E-state index contributed by atoms with van der Waals surface area (Å²) < 4.78 is 5.03.